The van der Waals surface area contributed by atoms with Gasteiger partial charge < -0.3 is 9.47 Å². The molecule has 0 saturated heterocycles. The maximum absolute atomic E-state index is 11.6. The van der Waals surface area contributed by atoms with Crippen molar-refractivity contribution in [2.45, 2.75) is 13.3 Å². The van der Waals surface area contributed by atoms with Gasteiger partial charge in [-0.15, -0.1) is 0 Å². The quantitative estimate of drug-likeness (QED) is 0.819. The summed E-state index contributed by atoms with van der Waals surface area (Å²) >= 11 is 0. The van der Waals surface area contributed by atoms with Gasteiger partial charge in [0.15, 0.2) is 0 Å². The minimum absolute atomic E-state index is 0.202. The molecule has 21 heavy (non-hydrogen) atoms. The molecule has 0 fully saturated rings. The predicted octanol–water partition coefficient (Wildman–Crippen LogP) is 3.88. The smallest absolute Gasteiger partial charge is 0.411 e. The molecule has 0 bridgehead atoms. The van der Waals surface area contributed by atoms with E-state index in [0.717, 1.165) is 17.9 Å². The van der Waals surface area contributed by atoms with Crippen LogP contribution < -0.4 is 10.1 Å². The van der Waals surface area contributed by atoms with E-state index in [-0.39, 0.29) is 6.61 Å². The van der Waals surface area contributed by atoms with Crippen molar-refractivity contribution < 1.29 is 14.3 Å². The minimum Gasteiger partial charge on any atom is -0.490 e. The Kier molecular flexibility index (Phi) is 5.64. The molecule has 0 radical (unpaired) electrons. The van der Waals surface area contributed by atoms with Gasteiger partial charge in [0.05, 0.1) is 0 Å². The average Bonchev–Trinajstić information content (AvgIpc) is 2.53. The lowest BCUT2D eigenvalue weighted by Crippen LogP contribution is -2.17. The fourth-order valence-corrected chi connectivity index (χ4v) is 1.79. The molecule has 0 unspecified atom stereocenters. The van der Waals surface area contributed by atoms with Crippen LogP contribution in [0.2, 0.25) is 0 Å². The molecular formula is C17H19NO3. The molecule has 0 atom stereocenters. The lowest BCUT2D eigenvalue weighted by molar-refractivity contribution is 0.138. The number of rotatable bonds is 6. The molecular weight excluding hydrogens is 266 g/mol. The first-order valence-electron chi connectivity index (χ1n) is 6.98. The fraction of sp³-hybridized carbons (Fsp3) is 0.235. The molecule has 0 heterocycles. The summed E-state index contributed by atoms with van der Waals surface area (Å²) < 4.78 is 10.5. The Morgan fingerprint density at radius 3 is 2.38 bits per heavy atom. The third kappa shape index (κ3) is 5.18. The fourth-order valence-electron chi connectivity index (χ4n) is 1.79. The summed E-state index contributed by atoms with van der Waals surface area (Å²) in [6.07, 6.45) is 0.498. The maximum Gasteiger partial charge on any atom is 0.411 e. The number of carbonyl (C=O) groups is 1. The van der Waals surface area contributed by atoms with Crippen molar-refractivity contribution in [2.75, 3.05) is 18.5 Å². The standard InChI is InChI=1S/C17H19NO3/c1-2-14-8-10-15(11-9-14)18-17(19)21-13-12-20-16-6-4-3-5-7-16/h3-11H,2,12-13H2,1H3,(H,18,19). The Hall–Kier alpha value is -2.49. The first-order chi connectivity index (χ1) is 10.3. The number of para-hydroxylation sites is 1. The zero-order valence-corrected chi connectivity index (χ0v) is 12.0. The molecule has 2 aromatic carbocycles. The molecule has 0 saturated carbocycles. The van der Waals surface area contributed by atoms with E-state index in [9.17, 15) is 4.79 Å². The molecule has 2 aromatic rings. The molecule has 110 valence electrons. The highest BCUT2D eigenvalue weighted by molar-refractivity contribution is 5.84. The van der Waals surface area contributed by atoms with Crippen LogP contribution in [0, 0.1) is 0 Å². The monoisotopic (exact) mass is 285 g/mol. The first kappa shape index (κ1) is 14.9. The number of ether oxygens (including phenoxy) is 2. The van der Waals surface area contributed by atoms with Crippen molar-refractivity contribution in [1.82, 2.24) is 0 Å². The topological polar surface area (TPSA) is 47.6 Å². The molecule has 0 aromatic heterocycles. The molecule has 0 spiro atoms. The summed E-state index contributed by atoms with van der Waals surface area (Å²) in [4.78, 5) is 11.6. The molecule has 1 amide bonds. The number of carbonyl (C=O) groups excluding carboxylic acids is 1. The second-order valence-electron chi connectivity index (χ2n) is 4.47. The van der Waals surface area contributed by atoms with Gasteiger partial charge in [-0.3, -0.25) is 5.32 Å². The van der Waals surface area contributed by atoms with E-state index in [2.05, 4.69) is 12.2 Å². The van der Waals surface area contributed by atoms with Gasteiger partial charge >= 0.3 is 6.09 Å². The van der Waals surface area contributed by atoms with Crippen LogP contribution >= 0.6 is 0 Å². The van der Waals surface area contributed by atoms with Gasteiger partial charge in [-0.2, -0.15) is 0 Å². The zero-order chi connectivity index (χ0) is 14.9. The Balaban J connectivity index is 1.67. The predicted molar refractivity (Wildman–Crippen MR) is 82.7 cm³/mol. The molecule has 1 N–H and O–H groups in total. The van der Waals surface area contributed by atoms with E-state index >= 15 is 0 Å². The van der Waals surface area contributed by atoms with Gasteiger partial charge in [0.1, 0.15) is 19.0 Å². The van der Waals surface area contributed by atoms with Crippen LogP contribution in [0.15, 0.2) is 54.6 Å². The Morgan fingerprint density at radius 1 is 1.00 bits per heavy atom. The van der Waals surface area contributed by atoms with Gasteiger partial charge in [-0.1, -0.05) is 37.3 Å². The molecule has 0 aliphatic carbocycles. The highest BCUT2D eigenvalue weighted by Gasteiger charge is 2.03. The summed E-state index contributed by atoms with van der Waals surface area (Å²) in [5.74, 6) is 0.761. The summed E-state index contributed by atoms with van der Waals surface area (Å²) in [6.45, 7) is 2.61. The summed E-state index contributed by atoms with van der Waals surface area (Å²) in [5, 5.41) is 2.68. The SMILES string of the molecule is CCc1ccc(NC(=O)OCCOc2ccccc2)cc1. The van der Waals surface area contributed by atoms with Crippen LogP contribution in [0.3, 0.4) is 0 Å². The third-order valence-electron chi connectivity index (χ3n) is 2.94. The number of anilines is 1. The highest BCUT2D eigenvalue weighted by Crippen LogP contribution is 2.10. The normalized spacial score (nSPS) is 9.95. The molecule has 0 aliphatic heterocycles. The van der Waals surface area contributed by atoms with Crippen molar-refractivity contribution in [2.24, 2.45) is 0 Å². The van der Waals surface area contributed by atoms with Gasteiger partial charge in [0.2, 0.25) is 0 Å². The molecule has 0 aliphatic rings. The van der Waals surface area contributed by atoms with Crippen molar-refractivity contribution in [3.8, 4) is 5.75 Å². The zero-order valence-electron chi connectivity index (χ0n) is 12.0. The third-order valence-corrected chi connectivity index (χ3v) is 2.94. The molecule has 4 nitrogen and oxygen atoms in total. The number of hydrogen-bond acceptors (Lipinski definition) is 3. The van der Waals surface area contributed by atoms with Crippen LogP contribution in [-0.4, -0.2) is 19.3 Å². The number of amides is 1. The average molecular weight is 285 g/mol. The number of benzene rings is 2. The summed E-state index contributed by atoms with van der Waals surface area (Å²) in [7, 11) is 0. The van der Waals surface area contributed by atoms with Gasteiger partial charge in [-0.05, 0) is 36.2 Å². The molecule has 2 rings (SSSR count). The van der Waals surface area contributed by atoms with E-state index < -0.39 is 6.09 Å². The summed E-state index contributed by atoms with van der Waals surface area (Å²) in [5.41, 5.74) is 1.95. The van der Waals surface area contributed by atoms with E-state index in [1.807, 2.05) is 54.6 Å². The van der Waals surface area contributed by atoms with Crippen molar-refractivity contribution >= 4 is 11.8 Å². The van der Waals surface area contributed by atoms with E-state index in [1.54, 1.807) is 0 Å². The van der Waals surface area contributed by atoms with Gasteiger partial charge in [0.25, 0.3) is 0 Å². The van der Waals surface area contributed by atoms with Crippen LogP contribution in [-0.2, 0) is 11.2 Å². The summed E-state index contributed by atoms with van der Waals surface area (Å²) in [6, 6.07) is 17.1. The number of hydrogen-bond donors (Lipinski definition) is 1. The van der Waals surface area contributed by atoms with E-state index in [4.69, 9.17) is 9.47 Å². The van der Waals surface area contributed by atoms with Crippen LogP contribution in [0.5, 0.6) is 5.75 Å². The maximum atomic E-state index is 11.6. The van der Waals surface area contributed by atoms with E-state index in [1.165, 1.54) is 5.56 Å². The second-order valence-corrected chi connectivity index (χ2v) is 4.47. The van der Waals surface area contributed by atoms with Crippen LogP contribution in [0.25, 0.3) is 0 Å². The largest absolute Gasteiger partial charge is 0.490 e. The van der Waals surface area contributed by atoms with Crippen molar-refractivity contribution in [3.63, 3.8) is 0 Å². The van der Waals surface area contributed by atoms with Crippen LogP contribution in [0.4, 0.5) is 10.5 Å². The minimum atomic E-state index is -0.476. The lowest BCUT2D eigenvalue weighted by atomic mass is 10.1. The van der Waals surface area contributed by atoms with Crippen molar-refractivity contribution in [1.29, 1.82) is 0 Å². The second kappa shape index (κ2) is 7.94. The Bertz CT molecular complexity index is 552. The Labute approximate surface area is 124 Å². The number of aryl methyl sites for hydroxylation is 1. The molecule has 4 heteroatoms. The lowest BCUT2D eigenvalue weighted by Gasteiger charge is -2.08. The first-order valence-corrected chi connectivity index (χ1v) is 6.98. The van der Waals surface area contributed by atoms with E-state index in [0.29, 0.717) is 6.61 Å². The van der Waals surface area contributed by atoms with Crippen molar-refractivity contribution in [3.05, 3.63) is 60.2 Å². The number of nitrogens with one attached hydrogen (secondary N) is 1. The Morgan fingerprint density at radius 2 is 1.71 bits per heavy atom. The van der Waals surface area contributed by atoms with Gasteiger partial charge in [0, 0.05) is 5.69 Å². The van der Waals surface area contributed by atoms with Gasteiger partial charge in [-0.25, -0.2) is 4.79 Å². The van der Waals surface area contributed by atoms with Crippen LogP contribution in [0.1, 0.15) is 12.5 Å². The highest BCUT2D eigenvalue weighted by atomic mass is 16.6.